The van der Waals surface area contributed by atoms with Crippen molar-refractivity contribution in [3.8, 4) is 0 Å². The standard InChI is InChI=1S/C20H23ClFN3O2S/c1-12-9-13(7-8-18(12)28(3,26)27)11-24-20(23-2)25-17-10-14(17)19-15(21)5-4-6-16(19)22/h4-9,14,17H,10-11H2,1-3H3,(H2,23,24,25). The summed E-state index contributed by atoms with van der Waals surface area (Å²) in [6.45, 7) is 2.27. The van der Waals surface area contributed by atoms with Gasteiger partial charge >= 0.3 is 0 Å². The van der Waals surface area contributed by atoms with E-state index in [0.29, 0.717) is 33.5 Å². The number of sulfone groups is 1. The van der Waals surface area contributed by atoms with Crippen molar-refractivity contribution < 1.29 is 12.8 Å². The van der Waals surface area contributed by atoms with Crippen molar-refractivity contribution in [2.45, 2.75) is 36.7 Å². The number of rotatable bonds is 5. The zero-order valence-electron chi connectivity index (χ0n) is 16.0. The first kappa shape index (κ1) is 20.6. The van der Waals surface area contributed by atoms with Gasteiger partial charge in [-0.05, 0) is 42.7 Å². The van der Waals surface area contributed by atoms with E-state index in [4.69, 9.17) is 11.6 Å². The molecule has 1 saturated carbocycles. The Morgan fingerprint density at radius 1 is 1.32 bits per heavy atom. The van der Waals surface area contributed by atoms with Gasteiger partial charge in [0, 0.05) is 42.4 Å². The molecule has 3 rings (SSSR count). The first-order chi connectivity index (χ1) is 13.2. The number of aryl methyl sites for hydroxylation is 1. The maximum atomic E-state index is 14.1. The molecular formula is C20H23ClFN3O2S. The average Bonchev–Trinajstić information content (AvgIpc) is 3.36. The quantitative estimate of drug-likeness (QED) is 0.571. The highest BCUT2D eigenvalue weighted by molar-refractivity contribution is 7.90. The lowest BCUT2D eigenvalue weighted by Gasteiger charge is -2.13. The third-order valence-corrected chi connectivity index (χ3v) is 6.39. The van der Waals surface area contributed by atoms with Crippen molar-refractivity contribution in [2.24, 2.45) is 4.99 Å². The fraction of sp³-hybridized carbons (Fsp3) is 0.350. The highest BCUT2D eigenvalue weighted by Gasteiger charge is 2.41. The minimum absolute atomic E-state index is 0.0172. The van der Waals surface area contributed by atoms with E-state index in [1.54, 1.807) is 38.2 Å². The number of halogens is 2. The molecule has 2 unspecified atom stereocenters. The van der Waals surface area contributed by atoms with Crippen LogP contribution in [0.4, 0.5) is 4.39 Å². The molecule has 0 aliphatic heterocycles. The first-order valence-corrected chi connectivity index (χ1v) is 11.2. The van der Waals surface area contributed by atoms with E-state index in [-0.39, 0.29) is 17.8 Å². The summed E-state index contributed by atoms with van der Waals surface area (Å²) in [6.07, 6.45) is 1.98. The molecule has 0 heterocycles. The molecule has 0 spiro atoms. The number of benzene rings is 2. The molecule has 8 heteroatoms. The van der Waals surface area contributed by atoms with Gasteiger partial charge in [-0.25, -0.2) is 12.8 Å². The van der Waals surface area contributed by atoms with Crippen molar-refractivity contribution in [1.82, 2.24) is 10.6 Å². The Balaban J connectivity index is 1.60. The Bertz CT molecular complexity index is 1000. The van der Waals surface area contributed by atoms with Crippen LogP contribution in [0.3, 0.4) is 0 Å². The molecule has 0 bridgehead atoms. The summed E-state index contributed by atoms with van der Waals surface area (Å²) in [5.41, 5.74) is 2.20. The summed E-state index contributed by atoms with van der Waals surface area (Å²) < 4.78 is 37.5. The smallest absolute Gasteiger partial charge is 0.191 e. The van der Waals surface area contributed by atoms with Gasteiger partial charge in [0.05, 0.1) is 4.90 Å². The molecule has 0 aromatic heterocycles. The van der Waals surface area contributed by atoms with Crippen LogP contribution >= 0.6 is 11.6 Å². The van der Waals surface area contributed by atoms with Crippen LogP contribution in [-0.4, -0.2) is 33.7 Å². The lowest BCUT2D eigenvalue weighted by molar-refractivity contribution is 0.601. The van der Waals surface area contributed by atoms with Gasteiger partial charge in [0.1, 0.15) is 5.82 Å². The summed E-state index contributed by atoms with van der Waals surface area (Å²) >= 11 is 6.14. The number of guanidine groups is 1. The van der Waals surface area contributed by atoms with Gasteiger partial charge in [-0.3, -0.25) is 4.99 Å². The minimum atomic E-state index is -3.23. The van der Waals surface area contributed by atoms with Crippen molar-refractivity contribution in [3.05, 3.63) is 63.9 Å². The fourth-order valence-electron chi connectivity index (χ4n) is 3.33. The summed E-state index contributed by atoms with van der Waals surface area (Å²) in [7, 11) is -1.56. The topological polar surface area (TPSA) is 70.6 Å². The molecule has 0 radical (unpaired) electrons. The van der Waals surface area contributed by atoms with Crippen LogP contribution in [0.2, 0.25) is 5.02 Å². The summed E-state index contributed by atoms with van der Waals surface area (Å²) in [6, 6.07) is 10.0. The SMILES string of the molecule is CN=C(NCc1ccc(S(C)(=O)=O)c(C)c1)NC1CC1c1c(F)cccc1Cl. The molecule has 5 nitrogen and oxygen atoms in total. The Hall–Kier alpha value is -2.12. The predicted molar refractivity (Wildman–Crippen MR) is 110 cm³/mol. The number of hydrogen-bond acceptors (Lipinski definition) is 3. The van der Waals surface area contributed by atoms with Gasteiger partial charge in [-0.2, -0.15) is 0 Å². The van der Waals surface area contributed by atoms with Crippen molar-refractivity contribution >= 4 is 27.4 Å². The summed E-state index contributed by atoms with van der Waals surface area (Å²) in [5, 5.41) is 6.93. The predicted octanol–water partition coefficient (Wildman–Crippen LogP) is 3.41. The number of nitrogens with one attached hydrogen (secondary N) is 2. The maximum Gasteiger partial charge on any atom is 0.191 e. The zero-order chi connectivity index (χ0) is 20.5. The Morgan fingerprint density at radius 2 is 2.07 bits per heavy atom. The largest absolute Gasteiger partial charge is 0.353 e. The summed E-state index contributed by atoms with van der Waals surface area (Å²) in [5.74, 6) is 0.333. The molecule has 1 aliphatic carbocycles. The van der Waals surface area contributed by atoms with Gasteiger partial charge in [-0.1, -0.05) is 29.8 Å². The van der Waals surface area contributed by atoms with E-state index >= 15 is 0 Å². The molecule has 150 valence electrons. The lowest BCUT2D eigenvalue weighted by Crippen LogP contribution is -2.38. The molecule has 2 N–H and O–H groups in total. The highest BCUT2D eigenvalue weighted by Crippen LogP contribution is 2.44. The van der Waals surface area contributed by atoms with E-state index in [2.05, 4.69) is 15.6 Å². The van der Waals surface area contributed by atoms with Gasteiger partial charge in [0.25, 0.3) is 0 Å². The van der Waals surface area contributed by atoms with Gasteiger partial charge in [0.2, 0.25) is 0 Å². The van der Waals surface area contributed by atoms with E-state index in [0.717, 1.165) is 12.0 Å². The Morgan fingerprint density at radius 3 is 2.68 bits per heavy atom. The molecular weight excluding hydrogens is 401 g/mol. The molecule has 0 amide bonds. The van der Waals surface area contributed by atoms with Crippen LogP contribution in [0, 0.1) is 12.7 Å². The molecule has 28 heavy (non-hydrogen) atoms. The monoisotopic (exact) mass is 423 g/mol. The molecule has 2 aromatic rings. The maximum absolute atomic E-state index is 14.1. The van der Waals surface area contributed by atoms with Gasteiger partial charge in [0.15, 0.2) is 15.8 Å². The summed E-state index contributed by atoms with van der Waals surface area (Å²) in [4.78, 5) is 4.54. The lowest BCUT2D eigenvalue weighted by atomic mass is 10.1. The number of hydrogen-bond donors (Lipinski definition) is 2. The van der Waals surface area contributed by atoms with Crippen LogP contribution in [-0.2, 0) is 16.4 Å². The van der Waals surface area contributed by atoms with Gasteiger partial charge < -0.3 is 10.6 Å². The van der Waals surface area contributed by atoms with E-state index in [1.807, 2.05) is 6.07 Å². The first-order valence-electron chi connectivity index (χ1n) is 8.91. The minimum Gasteiger partial charge on any atom is -0.353 e. The van der Waals surface area contributed by atoms with Crippen molar-refractivity contribution in [3.63, 3.8) is 0 Å². The normalized spacial score (nSPS) is 19.4. The van der Waals surface area contributed by atoms with Crippen molar-refractivity contribution in [1.29, 1.82) is 0 Å². The van der Waals surface area contributed by atoms with Crippen LogP contribution in [0.15, 0.2) is 46.3 Å². The van der Waals surface area contributed by atoms with E-state index in [9.17, 15) is 12.8 Å². The van der Waals surface area contributed by atoms with E-state index in [1.165, 1.54) is 12.3 Å². The molecule has 2 atom stereocenters. The Kier molecular flexibility index (Phi) is 5.95. The zero-order valence-corrected chi connectivity index (χ0v) is 17.5. The fourth-order valence-corrected chi connectivity index (χ4v) is 4.59. The molecule has 2 aromatic carbocycles. The number of aliphatic imine (C=N–C) groups is 1. The Labute approximate surface area is 169 Å². The van der Waals surface area contributed by atoms with Crippen LogP contribution in [0.1, 0.15) is 29.0 Å². The highest BCUT2D eigenvalue weighted by atomic mass is 35.5. The van der Waals surface area contributed by atoms with Crippen molar-refractivity contribution in [2.75, 3.05) is 13.3 Å². The molecule has 1 fully saturated rings. The van der Waals surface area contributed by atoms with Crippen LogP contribution < -0.4 is 10.6 Å². The second-order valence-electron chi connectivity index (χ2n) is 7.03. The second kappa shape index (κ2) is 8.09. The van der Waals surface area contributed by atoms with Crippen LogP contribution in [0.25, 0.3) is 0 Å². The van der Waals surface area contributed by atoms with Gasteiger partial charge in [-0.15, -0.1) is 0 Å². The van der Waals surface area contributed by atoms with E-state index < -0.39 is 9.84 Å². The second-order valence-corrected chi connectivity index (χ2v) is 9.42. The van der Waals surface area contributed by atoms with Crippen LogP contribution in [0.5, 0.6) is 0 Å². The third-order valence-electron chi connectivity index (χ3n) is 4.81. The number of nitrogens with zero attached hydrogens (tertiary/aromatic N) is 1. The molecule has 0 saturated heterocycles. The molecule has 1 aliphatic rings. The third kappa shape index (κ3) is 4.64. The average molecular weight is 424 g/mol.